The summed E-state index contributed by atoms with van der Waals surface area (Å²) in [7, 11) is 0. The van der Waals surface area contributed by atoms with Crippen LogP contribution in [0.5, 0.6) is 0 Å². The van der Waals surface area contributed by atoms with Crippen LogP contribution >= 0.6 is 0 Å². The van der Waals surface area contributed by atoms with E-state index in [9.17, 15) is 9.59 Å². The van der Waals surface area contributed by atoms with Gasteiger partial charge in [0.15, 0.2) is 0 Å². The highest BCUT2D eigenvalue weighted by molar-refractivity contribution is 6.07. The van der Waals surface area contributed by atoms with Gasteiger partial charge in [0.05, 0.1) is 12.7 Å². The predicted molar refractivity (Wildman–Crippen MR) is 85.1 cm³/mol. The van der Waals surface area contributed by atoms with Crippen molar-refractivity contribution in [1.29, 1.82) is 5.26 Å². The second-order valence-electron chi connectivity index (χ2n) is 7.50. The van der Waals surface area contributed by atoms with E-state index >= 15 is 0 Å². The Morgan fingerprint density at radius 2 is 2.00 bits per heavy atom. The third-order valence-corrected chi connectivity index (χ3v) is 5.47. The molecular formula is C17H26N4O2. The molecule has 1 aliphatic heterocycles. The van der Waals surface area contributed by atoms with Crippen LogP contribution in [-0.4, -0.2) is 47.0 Å². The number of nitrogens with zero attached hydrogens (tertiary/aromatic N) is 3. The first-order chi connectivity index (χ1) is 11.0. The summed E-state index contributed by atoms with van der Waals surface area (Å²) in [6.45, 7) is 4.02. The van der Waals surface area contributed by atoms with Gasteiger partial charge in [0.1, 0.15) is 5.54 Å². The summed E-state index contributed by atoms with van der Waals surface area (Å²) in [6, 6.07) is 1.89. The van der Waals surface area contributed by atoms with Crippen molar-refractivity contribution >= 4 is 11.9 Å². The number of carbonyl (C=O) groups excluding carboxylic acids is 2. The molecule has 0 aromatic carbocycles. The lowest BCUT2D eigenvalue weighted by atomic mass is 9.77. The molecule has 3 fully saturated rings. The van der Waals surface area contributed by atoms with Gasteiger partial charge in [-0.25, -0.2) is 9.69 Å². The van der Waals surface area contributed by atoms with Gasteiger partial charge in [-0.2, -0.15) is 5.26 Å². The van der Waals surface area contributed by atoms with Crippen LogP contribution in [0.2, 0.25) is 0 Å². The highest BCUT2D eigenvalue weighted by atomic mass is 16.2. The number of carbonyl (C=O) groups is 2. The van der Waals surface area contributed by atoms with Crippen molar-refractivity contribution in [2.45, 2.75) is 57.4 Å². The topological polar surface area (TPSA) is 76.4 Å². The summed E-state index contributed by atoms with van der Waals surface area (Å²) in [6.07, 6.45) is 6.32. The molecule has 1 N–H and O–H groups in total. The van der Waals surface area contributed by atoms with Crippen LogP contribution in [0.3, 0.4) is 0 Å². The summed E-state index contributed by atoms with van der Waals surface area (Å²) < 4.78 is 0. The zero-order valence-corrected chi connectivity index (χ0v) is 13.9. The first kappa shape index (κ1) is 16.3. The average molecular weight is 318 g/mol. The van der Waals surface area contributed by atoms with Gasteiger partial charge in [0, 0.05) is 19.5 Å². The molecule has 126 valence electrons. The lowest BCUT2D eigenvalue weighted by molar-refractivity contribution is -0.134. The lowest BCUT2D eigenvalue weighted by Gasteiger charge is -2.34. The van der Waals surface area contributed by atoms with Crippen molar-refractivity contribution in [1.82, 2.24) is 15.1 Å². The molecular weight excluding hydrogens is 292 g/mol. The van der Waals surface area contributed by atoms with Crippen LogP contribution < -0.4 is 5.32 Å². The first-order valence-electron chi connectivity index (χ1n) is 8.77. The highest BCUT2D eigenvalue weighted by Gasteiger charge is 2.52. The van der Waals surface area contributed by atoms with Crippen molar-refractivity contribution in [3.8, 4) is 6.07 Å². The zero-order chi connectivity index (χ0) is 16.4. The van der Waals surface area contributed by atoms with Gasteiger partial charge in [-0.1, -0.05) is 6.92 Å². The number of nitrogens with one attached hydrogen (secondary N) is 1. The number of nitriles is 1. The van der Waals surface area contributed by atoms with Crippen molar-refractivity contribution in [3.05, 3.63) is 0 Å². The standard InChI is InChI=1S/C17H26N4O2/c1-13-5-7-17(8-6-13)15(22)21(16(23)19-17)12-20(10-2-9-18)11-14-3-4-14/h13-14H,2-8,10-12H2,1H3,(H,19,23). The summed E-state index contributed by atoms with van der Waals surface area (Å²) in [5, 5.41) is 11.8. The Labute approximate surface area is 137 Å². The van der Waals surface area contributed by atoms with Crippen LogP contribution in [0.4, 0.5) is 4.79 Å². The van der Waals surface area contributed by atoms with Gasteiger partial charge in [-0.15, -0.1) is 0 Å². The predicted octanol–water partition coefficient (Wildman–Crippen LogP) is 2.07. The maximum Gasteiger partial charge on any atom is 0.326 e. The summed E-state index contributed by atoms with van der Waals surface area (Å²) >= 11 is 0. The van der Waals surface area contributed by atoms with E-state index in [2.05, 4.69) is 23.2 Å². The number of hydrogen-bond acceptors (Lipinski definition) is 4. The molecule has 0 bridgehead atoms. The Morgan fingerprint density at radius 3 is 2.61 bits per heavy atom. The molecule has 3 rings (SSSR count). The fourth-order valence-electron chi connectivity index (χ4n) is 3.69. The second-order valence-corrected chi connectivity index (χ2v) is 7.50. The van der Waals surface area contributed by atoms with Crippen molar-refractivity contribution in [2.75, 3.05) is 19.8 Å². The molecule has 23 heavy (non-hydrogen) atoms. The molecule has 0 radical (unpaired) electrons. The van der Waals surface area contributed by atoms with Crippen LogP contribution in [-0.2, 0) is 4.79 Å². The van der Waals surface area contributed by atoms with E-state index < -0.39 is 5.54 Å². The molecule has 3 aliphatic rings. The summed E-state index contributed by atoms with van der Waals surface area (Å²) in [4.78, 5) is 28.7. The molecule has 1 heterocycles. The van der Waals surface area contributed by atoms with Crippen LogP contribution in [0.1, 0.15) is 51.9 Å². The number of hydrogen-bond donors (Lipinski definition) is 1. The molecule has 6 heteroatoms. The first-order valence-corrected chi connectivity index (χ1v) is 8.77. The van der Waals surface area contributed by atoms with Gasteiger partial charge in [0.2, 0.25) is 0 Å². The van der Waals surface area contributed by atoms with E-state index in [1.807, 2.05) is 0 Å². The van der Waals surface area contributed by atoms with Crippen molar-refractivity contribution < 1.29 is 9.59 Å². The normalized spacial score (nSPS) is 30.8. The Bertz CT molecular complexity index is 515. The highest BCUT2D eigenvalue weighted by Crippen LogP contribution is 2.36. The Hall–Kier alpha value is -1.61. The maximum atomic E-state index is 12.9. The molecule has 2 saturated carbocycles. The van der Waals surface area contributed by atoms with Gasteiger partial charge in [-0.3, -0.25) is 9.69 Å². The second kappa shape index (κ2) is 6.48. The largest absolute Gasteiger partial charge is 0.326 e. The van der Waals surface area contributed by atoms with E-state index in [-0.39, 0.29) is 11.9 Å². The van der Waals surface area contributed by atoms with Gasteiger partial charge < -0.3 is 5.32 Å². The molecule has 0 unspecified atom stereocenters. The molecule has 3 amide bonds. The lowest BCUT2D eigenvalue weighted by Crippen LogP contribution is -2.50. The number of imide groups is 1. The summed E-state index contributed by atoms with van der Waals surface area (Å²) in [5.41, 5.74) is -0.663. The smallest absolute Gasteiger partial charge is 0.323 e. The Morgan fingerprint density at radius 1 is 1.30 bits per heavy atom. The average Bonchev–Trinajstić information content (AvgIpc) is 3.31. The molecule has 6 nitrogen and oxygen atoms in total. The minimum atomic E-state index is -0.663. The zero-order valence-electron chi connectivity index (χ0n) is 13.9. The fraction of sp³-hybridized carbons (Fsp3) is 0.824. The van der Waals surface area contributed by atoms with Gasteiger partial charge in [0.25, 0.3) is 5.91 Å². The number of rotatable bonds is 6. The van der Waals surface area contributed by atoms with Crippen LogP contribution in [0.15, 0.2) is 0 Å². The number of amides is 3. The van der Waals surface area contributed by atoms with E-state index in [1.54, 1.807) is 0 Å². The van der Waals surface area contributed by atoms with Gasteiger partial charge >= 0.3 is 6.03 Å². The molecule has 0 aromatic rings. The Balaban J connectivity index is 1.65. The van der Waals surface area contributed by atoms with Crippen LogP contribution in [0, 0.1) is 23.2 Å². The SMILES string of the molecule is CC1CCC2(CC1)NC(=O)N(CN(CCC#N)CC1CC1)C2=O. The third-order valence-electron chi connectivity index (χ3n) is 5.47. The minimum Gasteiger partial charge on any atom is -0.323 e. The Kier molecular flexibility index (Phi) is 4.58. The fourth-order valence-corrected chi connectivity index (χ4v) is 3.69. The van der Waals surface area contributed by atoms with Crippen LogP contribution in [0.25, 0.3) is 0 Å². The van der Waals surface area contributed by atoms with Gasteiger partial charge in [-0.05, 0) is 50.4 Å². The molecule has 1 saturated heterocycles. The summed E-state index contributed by atoms with van der Waals surface area (Å²) in [5.74, 6) is 1.23. The monoisotopic (exact) mass is 318 g/mol. The number of urea groups is 1. The van der Waals surface area contributed by atoms with E-state index in [0.717, 1.165) is 32.2 Å². The van der Waals surface area contributed by atoms with Crippen molar-refractivity contribution in [3.63, 3.8) is 0 Å². The molecule has 0 atom stereocenters. The van der Waals surface area contributed by atoms with Crippen molar-refractivity contribution in [2.24, 2.45) is 11.8 Å². The molecule has 1 spiro atoms. The third kappa shape index (κ3) is 3.50. The minimum absolute atomic E-state index is 0.0628. The molecule has 2 aliphatic carbocycles. The molecule has 0 aromatic heterocycles. The quantitative estimate of drug-likeness (QED) is 0.761. The van der Waals surface area contributed by atoms with E-state index in [0.29, 0.717) is 31.5 Å². The van der Waals surface area contributed by atoms with E-state index in [1.165, 1.54) is 17.7 Å². The van der Waals surface area contributed by atoms with E-state index in [4.69, 9.17) is 5.26 Å². The maximum absolute atomic E-state index is 12.9.